The molecule has 1 aliphatic rings. The first-order valence-electron chi connectivity index (χ1n) is 10.6. The monoisotopic (exact) mass is 410 g/mol. The number of hydrogen-bond donors (Lipinski definition) is 1. The number of ether oxygens (including phenoxy) is 1. The topological polar surface area (TPSA) is 84.4 Å². The fourth-order valence-corrected chi connectivity index (χ4v) is 3.79. The van der Waals surface area contributed by atoms with E-state index < -0.39 is 0 Å². The van der Waals surface area contributed by atoms with Crippen molar-refractivity contribution in [2.75, 3.05) is 20.2 Å². The molecule has 3 rings (SSSR count). The zero-order valence-electron chi connectivity index (χ0n) is 17.5. The molecular weight excluding hydrogens is 380 g/mol. The van der Waals surface area contributed by atoms with Crippen LogP contribution in [0, 0.1) is 5.92 Å². The molecule has 1 aromatic heterocycles. The number of hydrogen-bond acceptors (Lipinski definition) is 5. The quantitative estimate of drug-likeness (QED) is 0.687. The highest BCUT2D eigenvalue weighted by Crippen LogP contribution is 2.22. The summed E-state index contributed by atoms with van der Waals surface area (Å²) >= 11 is 0. The Kier molecular flexibility index (Phi) is 8.18. The predicted octanol–water partition coefficient (Wildman–Crippen LogP) is 2.75. The molecule has 0 saturated carbocycles. The lowest BCUT2D eigenvalue weighted by molar-refractivity contribution is -0.133. The summed E-state index contributed by atoms with van der Waals surface area (Å²) in [5.74, 6) is 1.37. The van der Waals surface area contributed by atoms with E-state index in [4.69, 9.17) is 4.74 Å². The lowest BCUT2D eigenvalue weighted by Crippen LogP contribution is -2.40. The summed E-state index contributed by atoms with van der Waals surface area (Å²) in [5.41, 5.74) is 1.85. The standard InChI is InChI=1S/C23H30N4O3/c1-30-21-6-2-4-19(14-21)15-26-22(28)9-7-18-5-3-13-27(17-18)23(29)10-8-20-16-24-11-12-25-20/h2,4,6,11-12,14,16,18H,3,5,7-10,13,15,17H2,1H3,(H,26,28)/t18-/m0/s1. The normalized spacial score (nSPS) is 16.2. The number of aryl methyl sites for hydroxylation is 1. The van der Waals surface area contributed by atoms with Gasteiger partial charge in [0.05, 0.1) is 12.8 Å². The fraction of sp³-hybridized carbons (Fsp3) is 0.478. The molecule has 0 bridgehead atoms. The number of nitrogens with one attached hydrogen (secondary N) is 1. The first-order valence-corrected chi connectivity index (χ1v) is 10.6. The van der Waals surface area contributed by atoms with Crippen LogP contribution in [0.2, 0.25) is 0 Å². The summed E-state index contributed by atoms with van der Waals surface area (Å²) < 4.78 is 5.21. The molecule has 2 heterocycles. The largest absolute Gasteiger partial charge is 0.497 e. The Labute approximate surface area is 177 Å². The molecule has 0 aliphatic carbocycles. The molecule has 1 saturated heterocycles. The zero-order chi connectivity index (χ0) is 21.2. The van der Waals surface area contributed by atoms with Gasteiger partial charge in [0.25, 0.3) is 0 Å². The van der Waals surface area contributed by atoms with Gasteiger partial charge in [0.2, 0.25) is 11.8 Å². The van der Waals surface area contributed by atoms with E-state index in [0.29, 0.717) is 31.7 Å². The number of rotatable bonds is 9. The molecular formula is C23H30N4O3. The fourth-order valence-electron chi connectivity index (χ4n) is 3.79. The zero-order valence-corrected chi connectivity index (χ0v) is 17.5. The lowest BCUT2D eigenvalue weighted by Gasteiger charge is -2.33. The Balaban J connectivity index is 1.37. The van der Waals surface area contributed by atoms with Crippen molar-refractivity contribution in [1.82, 2.24) is 20.2 Å². The number of nitrogens with zero attached hydrogens (tertiary/aromatic N) is 3. The summed E-state index contributed by atoms with van der Waals surface area (Å²) in [6.07, 6.45) is 9.39. The lowest BCUT2D eigenvalue weighted by atomic mass is 9.93. The maximum absolute atomic E-state index is 12.6. The van der Waals surface area contributed by atoms with Crippen LogP contribution in [-0.4, -0.2) is 46.9 Å². The molecule has 1 atom stereocenters. The molecule has 7 nitrogen and oxygen atoms in total. The molecule has 1 aliphatic heterocycles. The van der Waals surface area contributed by atoms with Crippen molar-refractivity contribution in [1.29, 1.82) is 0 Å². The van der Waals surface area contributed by atoms with E-state index in [1.54, 1.807) is 25.7 Å². The molecule has 0 radical (unpaired) electrons. The first-order chi connectivity index (χ1) is 14.6. The van der Waals surface area contributed by atoms with Crippen LogP contribution < -0.4 is 10.1 Å². The van der Waals surface area contributed by atoms with E-state index >= 15 is 0 Å². The van der Waals surface area contributed by atoms with E-state index in [2.05, 4.69) is 15.3 Å². The van der Waals surface area contributed by atoms with Crippen molar-refractivity contribution < 1.29 is 14.3 Å². The summed E-state index contributed by atoms with van der Waals surface area (Å²) in [6.45, 7) is 2.04. The molecule has 2 amide bonds. The second-order valence-electron chi connectivity index (χ2n) is 7.71. The van der Waals surface area contributed by atoms with Gasteiger partial charge in [-0.2, -0.15) is 0 Å². The molecule has 1 fully saturated rings. The highest BCUT2D eigenvalue weighted by molar-refractivity contribution is 5.77. The molecule has 1 aromatic carbocycles. The number of methoxy groups -OCH3 is 1. The molecule has 1 N–H and O–H groups in total. The Morgan fingerprint density at radius 3 is 2.97 bits per heavy atom. The van der Waals surface area contributed by atoms with Crippen molar-refractivity contribution in [3.8, 4) is 5.75 Å². The van der Waals surface area contributed by atoms with Crippen molar-refractivity contribution in [2.45, 2.75) is 45.1 Å². The third-order valence-electron chi connectivity index (χ3n) is 5.49. The average Bonchev–Trinajstić information content (AvgIpc) is 2.81. The number of piperidine rings is 1. The van der Waals surface area contributed by atoms with Crippen LogP contribution in [0.15, 0.2) is 42.9 Å². The van der Waals surface area contributed by atoms with E-state index in [0.717, 1.165) is 49.4 Å². The van der Waals surface area contributed by atoms with Gasteiger partial charge in [0, 0.05) is 51.1 Å². The average molecular weight is 411 g/mol. The van der Waals surface area contributed by atoms with E-state index in [9.17, 15) is 9.59 Å². The SMILES string of the molecule is COc1cccc(CNC(=O)CC[C@@H]2CCCN(C(=O)CCc3cnccn3)C2)c1. The minimum Gasteiger partial charge on any atom is -0.497 e. The number of likely N-dealkylation sites (tertiary alicyclic amines) is 1. The van der Waals surface area contributed by atoms with Gasteiger partial charge in [-0.05, 0) is 49.3 Å². The van der Waals surface area contributed by atoms with E-state index in [-0.39, 0.29) is 11.8 Å². The Hall–Kier alpha value is -2.96. The van der Waals surface area contributed by atoms with Gasteiger partial charge >= 0.3 is 0 Å². The van der Waals surface area contributed by atoms with Gasteiger partial charge in [-0.1, -0.05) is 12.1 Å². The van der Waals surface area contributed by atoms with Crippen LogP contribution in [0.1, 0.15) is 43.4 Å². The van der Waals surface area contributed by atoms with Crippen LogP contribution in [0.25, 0.3) is 0 Å². The van der Waals surface area contributed by atoms with Gasteiger partial charge < -0.3 is 15.0 Å². The van der Waals surface area contributed by atoms with Gasteiger partial charge in [0.1, 0.15) is 5.75 Å². The minimum atomic E-state index is 0.0453. The predicted molar refractivity (Wildman–Crippen MR) is 114 cm³/mol. The highest BCUT2D eigenvalue weighted by atomic mass is 16.5. The molecule has 2 aromatic rings. The van der Waals surface area contributed by atoms with Gasteiger partial charge in [-0.15, -0.1) is 0 Å². The van der Waals surface area contributed by atoms with Gasteiger partial charge in [0.15, 0.2) is 0 Å². The Bertz CT molecular complexity index is 828. The molecule has 0 unspecified atom stereocenters. The maximum Gasteiger partial charge on any atom is 0.222 e. The van der Waals surface area contributed by atoms with E-state index in [1.807, 2.05) is 29.2 Å². The smallest absolute Gasteiger partial charge is 0.222 e. The second-order valence-corrected chi connectivity index (χ2v) is 7.71. The number of amides is 2. The Morgan fingerprint density at radius 1 is 1.27 bits per heavy atom. The minimum absolute atomic E-state index is 0.0453. The maximum atomic E-state index is 12.6. The molecule has 7 heteroatoms. The van der Waals surface area contributed by atoms with Crippen molar-refractivity contribution in [2.24, 2.45) is 5.92 Å². The highest BCUT2D eigenvalue weighted by Gasteiger charge is 2.24. The summed E-state index contributed by atoms with van der Waals surface area (Å²) in [7, 11) is 1.63. The number of aromatic nitrogens is 2. The summed E-state index contributed by atoms with van der Waals surface area (Å²) in [4.78, 5) is 35.0. The number of benzene rings is 1. The van der Waals surface area contributed by atoms with Crippen molar-refractivity contribution >= 4 is 11.8 Å². The van der Waals surface area contributed by atoms with Crippen LogP contribution in [0.3, 0.4) is 0 Å². The van der Waals surface area contributed by atoms with E-state index in [1.165, 1.54) is 0 Å². The third-order valence-corrected chi connectivity index (χ3v) is 5.49. The van der Waals surface area contributed by atoms with Crippen LogP contribution in [0.5, 0.6) is 5.75 Å². The van der Waals surface area contributed by atoms with Crippen LogP contribution >= 0.6 is 0 Å². The van der Waals surface area contributed by atoms with Gasteiger partial charge in [-0.3, -0.25) is 19.6 Å². The third kappa shape index (κ3) is 6.83. The molecule has 0 spiro atoms. The Morgan fingerprint density at radius 2 is 2.17 bits per heavy atom. The number of carbonyl (C=O) groups excluding carboxylic acids is 2. The molecule has 160 valence electrons. The van der Waals surface area contributed by atoms with Gasteiger partial charge in [-0.25, -0.2) is 0 Å². The van der Waals surface area contributed by atoms with Crippen LogP contribution in [0.4, 0.5) is 0 Å². The first kappa shape index (κ1) is 21.7. The van der Waals surface area contributed by atoms with Crippen molar-refractivity contribution in [3.63, 3.8) is 0 Å². The second kappa shape index (κ2) is 11.3. The summed E-state index contributed by atoms with van der Waals surface area (Å²) in [5, 5.41) is 2.97. The van der Waals surface area contributed by atoms with Crippen LogP contribution in [-0.2, 0) is 22.6 Å². The van der Waals surface area contributed by atoms with Crippen molar-refractivity contribution in [3.05, 3.63) is 54.1 Å². The molecule has 30 heavy (non-hydrogen) atoms. The summed E-state index contributed by atoms with van der Waals surface area (Å²) in [6, 6.07) is 7.69. The number of carbonyl (C=O) groups is 2.